The van der Waals surface area contributed by atoms with E-state index in [-0.39, 0.29) is 0 Å². The zero-order valence-corrected chi connectivity index (χ0v) is 15.9. The van der Waals surface area contributed by atoms with Crippen LogP contribution in [0.15, 0.2) is 59.3 Å². The third-order valence-corrected chi connectivity index (χ3v) is 4.90. The Kier molecular flexibility index (Phi) is 4.17. The summed E-state index contributed by atoms with van der Waals surface area (Å²) in [6.07, 6.45) is 3.88. The Labute approximate surface area is 155 Å². The lowest BCUT2D eigenvalue weighted by Crippen LogP contribution is -2.08. The summed E-state index contributed by atoms with van der Waals surface area (Å²) in [4.78, 5) is 9.42. The fourth-order valence-corrected chi connectivity index (χ4v) is 3.61. The molecule has 0 bridgehead atoms. The van der Waals surface area contributed by atoms with Gasteiger partial charge in [-0.05, 0) is 38.1 Å². The molecule has 0 saturated heterocycles. The molecule has 0 aliphatic rings. The van der Waals surface area contributed by atoms with E-state index >= 15 is 0 Å². The van der Waals surface area contributed by atoms with Crippen molar-refractivity contribution in [3.8, 4) is 11.4 Å². The summed E-state index contributed by atoms with van der Waals surface area (Å²) in [6, 6.07) is 14.7. The van der Waals surface area contributed by atoms with Gasteiger partial charge in [-0.15, -0.1) is 0 Å². The van der Waals surface area contributed by atoms with Gasteiger partial charge in [0.2, 0.25) is 0 Å². The van der Waals surface area contributed by atoms with Crippen LogP contribution >= 0.6 is 15.9 Å². The molecule has 4 aromatic rings. The van der Waals surface area contributed by atoms with Gasteiger partial charge in [-0.3, -0.25) is 0 Å². The highest BCUT2D eigenvalue weighted by Gasteiger charge is 2.13. The van der Waals surface area contributed by atoms with Crippen molar-refractivity contribution in [1.82, 2.24) is 19.1 Å². The van der Waals surface area contributed by atoms with Crippen LogP contribution in [-0.4, -0.2) is 19.1 Å². The largest absolute Gasteiger partial charge is 0.327 e. The van der Waals surface area contributed by atoms with Gasteiger partial charge in [-0.25, -0.2) is 9.97 Å². The van der Waals surface area contributed by atoms with Crippen molar-refractivity contribution < 1.29 is 0 Å². The molecule has 0 amide bonds. The smallest absolute Gasteiger partial charge is 0.140 e. The van der Waals surface area contributed by atoms with Crippen molar-refractivity contribution in [3.63, 3.8) is 0 Å². The first-order valence-electron chi connectivity index (χ1n) is 8.38. The van der Waals surface area contributed by atoms with Gasteiger partial charge in [0.1, 0.15) is 11.6 Å². The summed E-state index contributed by atoms with van der Waals surface area (Å²) in [7, 11) is 0. The van der Waals surface area contributed by atoms with Crippen molar-refractivity contribution in [2.45, 2.75) is 26.9 Å². The quantitative estimate of drug-likeness (QED) is 0.485. The van der Waals surface area contributed by atoms with Crippen LogP contribution in [-0.2, 0) is 13.1 Å². The summed E-state index contributed by atoms with van der Waals surface area (Å²) in [5.41, 5.74) is 4.55. The number of aryl methyl sites for hydroxylation is 2. The maximum atomic E-state index is 4.86. The fraction of sp³-hybridized carbons (Fsp3) is 0.200. The van der Waals surface area contributed by atoms with E-state index in [0.717, 1.165) is 39.3 Å². The minimum Gasteiger partial charge on any atom is -0.327 e. The summed E-state index contributed by atoms with van der Waals surface area (Å²) in [5, 5.41) is 0. The number of halogens is 1. The van der Waals surface area contributed by atoms with E-state index in [4.69, 9.17) is 4.98 Å². The van der Waals surface area contributed by atoms with E-state index in [2.05, 4.69) is 86.4 Å². The monoisotopic (exact) mass is 394 g/mol. The molecule has 2 heterocycles. The molecule has 0 fully saturated rings. The van der Waals surface area contributed by atoms with Crippen LogP contribution in [0.25, 0.3) is 22.4 Å². The molecule has 0 aliphatic heterocycles. The second-order valence-corrected chi connectivity index (χ2v) is 7.07. The number of nitrogens with zero attached hydrogens (tertiary/aromatic N) is 4. The second-order valence-electron chi connectivity index (χ2n) is 6.15. The highest BCUT2D eigenvalue weighted by Crippen LogP contribution is 2.23. The third-order valence-electron chi connectivity index (χ3n) is 4.41. The first kappa shape index (κ1) is 16.1. The molecule has 0 unspecified atom stereocenters. The zero-order chi connectivity index (χ0) is 17.4. The van der Waals surface area contributed by atoms with Crippen LogP contribution in [0.1, 0.15) is 18.3 Å². The number of imidazole rings is 2. The zero-order valence-electron chi connectivity index (χ0n) is 14.3. The number of benzene rings is 2. The number of rotatable bonds is 4. The van der Waals surface area contributed by atoms with Crippen LogP contribution < -0.4 is 0 Å². The molecule has 0 saturated carbocycles. The van der Waals surface area contributed by atoms with Gasteiger partial charge in [0.25, 0.3) is 0 Å². The molecule has 0 spiro atoms. The maximum Gasteiger partial charge on any atom is 0.140 e. The summed E-state index contributed by atoms with van der Waals surface area (Å²) in [6.45, 7) is 5.85. The van der Waals surface area contributed by atoms with E-state index in [1.54, 1.807) is 0 Å². The first-order chi connectivity index (χ1) is 12.2. The lowest BCUT2D eigenvalue weighted by Gasteiger charge is -2.10. The van der Waals surface area contributed by atoms with E-state index in [9.17, 15) is 0 Å². The fourth-order valence-electron chi connectivity index (χ4n) is 3.26. The van der Waals surface area contributed by atoms with Crippen LogP contribution in [0.3, 0.4) is 0 Å². The average molecular weight is 395 g/mol. The lowest BCUT2D eigenvalue weighted by molar-refractivity contribution is 0.667. The van der Waals surface area contributed by atoms with Crippen molar-refractivity contribution in [3.05, 3.63) is 70.7 Å². The Morgan fingerprint density at radius 2 is 2.00 bits per heavy atom. The molecule has 4 rings (SSSR count). The van der Waals surface area contributed by atoms with E-state index in [1.165, 1.54) is 5.56 Å². The molecule has 25 heavy (non-hydrogen) atoms. The van der Waals surface area contributed by atoms with Gasteiger partial charge in [-0.1, -0.05) is 39.7 Å². The molecule has 0 N–H and O–H groups in total. The number of hydrogen-bond donors (Lipinski definition) is 0. The van der Waals surface area contributed by atoms with Crippen LogP contribution in [0, 0.1) is 6.92 Å². The van der Waals surface area contributed by atoms with Crippen molar-refractivity contribution in [2.75, 3.05) is 0 Å². The average Bonchev–Trinajstić information content (AvgIpc) is 3.18. The van der Waals surface area contributed by atoms with E-state index in [1.807, 2.05) is 12.4 Å². The molecule has 0 aliphatic carbocycles. The number of fused-ring (bicyclic) bond motifs is 1. The van der Waals surface area contributed by atoms with Crippen molar-refractivity contribution in [1.29, 1.82) is 0 Å². The van der Waals surface area contributed by atoms with E-state index in [0.29, 0.717) is 6.54 Å². The normalized spacial score (nSPS) is 11.3. The Morgan fingerprint density at radius 3 is 2.80 bits per heavy atom. The van der Waals surface area contributed by atoms with Gasteiger partial charge in [0.15, 0.2) is 0 Å². The summed E-state index contributed by atoms with van der Waals surface area (Å²) in [5.74, 6) is 2.02. The summed E-state index contributed by atoms with van der Waals surface area (Å²) < 4.78 is 5.48. The van der Waals surface area contributed by atoms with Crippen molar-refractivity contribution >= 4 is 27.0 Å². The molecule has 4 nitrogen and oxygen atoms in total. The summed E-state index contributed by atoms with van der Waals surface area (Å²) >= 11 is 3.53. The number of hydrogen-bond acceptors (Lipinski definition) is 2. The standard InChI is InChI=1S/C20H19BrN4/c1-3-25-18-8-7-16(21)12-17(18)23-19(25)13-24-10-9-22-20(24)15-6-4-5-14(2)11-15/h4-12H,3,13H2,1-2H3. The highest BCUT2D eigenvalue weighted by molar-refractivity contribution is 9.10. The predicted octanol–water partition coefficient (Wildman–Crippen LogP) is 5.04. The topological polar surface area (TPSA) is 35.6 Å². The minimum absolute atomic E-state index is 0.698. The Bertz CT molecular complexity index is 1040. The van der Waals surface area contributed by atoms with Crippen LogP contribution in [0.4, 0.5) is 0 Å². The molecule has 0 atom stereocenters. The SMILES string of the molecule is CCn1c(Cn2ccnc2-c2cccc(C)c2)nc2cc(Br)ccc21. The predicted molar refractivity (Wildman–Crippen MR) is 105 cm³/mol. The molecule has 5 heteroatoms. The highest BCUT2D eigenvalue weighted by atomic mass is 79.9. The first-order valence-corrected chi connectivity index (χ1v) is 9.18. The van der Waals surface area contributed by atoms with Crippen LogP contribution in [0.5, 0.6) is 0 Å². The maximum absolute atomic E-state index is 4.86. The van der Waals surface area contributed by atoms with Gasteiger partial charge < -0.3 is 9.13 Å². The molecular formula is C20H19BrN4. The Morgan fingerprint density at radius 1 is 1.12 bits per heavy atom. The van der Waals surface area contributed by atoms with Gasteiger partial charge in [0, 0.05) is 29.0 Å². The van der Waals surface area contributed by atoms with Crippen LogP contribution in [0.2, 0.25) is 0 Å². The molecule has 0 radical (unpaired) electrons. The third kappa shape index (κ3) is 3.00. The molecular weight excluding hydrogens is 376 g/mol. The van der Waals surface area contributed by atoms with Gasteiger partial charge in [-0.2, -0.15) is 0 Å². The molecule has 2 aromatic carbocycles. The minimum atomic E-state index is 0.698. The van der Waals surface area contributed by atoms with Gasteiger partial charge in [0.05, 0.1) is 17.6 Å². The molecule has 2 aromatic heterocycles. The Balaban J connectivity index is 1.77. The van der Waals surface area contributed by atoms with E-state index < -0.39 is 0 Å². The van der Waals surface area contributed by atoms with Gasteiger partial charge >= 0.3 is 0 Å². The lowest BCUT2D eigenvalue weighted by atomic mass is 10.1. The number of aromatic nitrogens is 4. The second kappa shape index (κ2) is 6.48. The molecule has 126 valence electrons. The Hall–Kier alpha value is -2.40. The van der Waals surface area contributed by atoms with Crippen molar-refractivity contribution in [2.24, 2.45) is 0 Å².